The molecule has 0 aliphatic carbocycles. The number of nitrogens with two attached hydrogens (primary N) is 1. The van der Waals surface area contributed by atoms with E-state index in [4.69, 9.17) is 10.3 Å². The third-order valence-electron chi connectivity index (χ3n) is 2.70. The molecule has 116 valence electrons. The Morgan fingerprint density at radius 1 is 1.35 bits per heavy atom. The summed E-state index contributed by atoms with van der Waals surface area (Å²) >= 11 is 0. The van der Waals surface area contributed by atoms with Crippen molar-refractivity contribution in [1.29, 1.82) is 0 Å². The van der Waals surface area contributed by atoms with Crippen molar-refractivity contribution in [3.8, 4) is 0 Å². The molecule has 0 spiro atoms. The third-order valence-corrected chi connectivity index (χ3v) is 2.70. The zero-order chi connectivity index (χ0) is 15.3. The molecule has 1 aromatic heterocycles. The van der Waals surface area contributed by atoms with Gasteiger partial charge in [-0.25, -0.2) is 8.78 Å². The van der Waals surface area contributed by atoms with Crippen LogP contribution in [0.5, 0.6) is 0 Å². The molecule has 0 amide bonds. The molecule has 9 heteroatoms. The second-order valence-electron chi connectivity index (χ2n) is 4.69. The first-order valence-electron chi connectivity index (χ1n) is 6.04. The highest BCUT2D eigenvalue weighted by Gasteiger charge is 2.41. The second kappa shape index (κ2) is 6.98. The number of hydrogen-bond acceptors (Lipinski definition) is 5. The summed E-state index contributed by atoms with van der Waals surface area (Å²) in [7, 11) is 0. The van der Waals surface area contributed by atoms with E-state index in [0.717, 1.165) is 0 Å². The van der Waals surface area contributed by atoms with Crippen LogP contribution in [0.2, 0.25) is 0 Å². The van der Waals surface area contributed by atoms with E-state index in [9.17, 15) is 17.6 Å². The first kappa shape index (κ1) is 16.8. The van der Waals surface area contributed by atoms with Crippen LogP contribution in [0.25, 0.3) is 0 Å². The van der Waals surface area contributed by atoms with Crippen LogP contribution < -0.4 is 5.73 Å². The van der Waals surface area contributed by atoms with Gasteiger partial charge in [0, 0.05) is 6.54 Å². The monoisotopic (exact) mass is 299 g/mol. The van der Waals surface area contributed by atoms with Crippen LogP contribution in [-0.4, -0.2) is 35.6 Å². The molecule has 1 heterocycles. The van der Waals surface area contributed by atoms with Crippen molar-refractivity contribution in [3.63, 3.8) is 0 Å². The second-order valence-corrected chi connectivity index (χ2v) is 4.69. The molecular weight excluding hydrogens is 282 g/mol. The van der Waals surface area contributed by atoms with E-state index in [1.165, 1.54) is 0 Å². The highest BCUT2D eigenvalue weighted by molar-refractivity contribution is 4.95. The fourth-order valence-corrected chi connectivity index (χ4v) is 1.48. The molecule has 0 bridgehead atoms. The number of ether oxygens (including phenoxy) is 1. The van der Waals surface area contributed by atoms with Crippen LogP contribution in [-0.2, 0) is 11.3 Å². The van der Waals surface area contributed by atoms with Gasteiger partial charge in [-0.05, 0) is 5.92 Å². The molecule has 5 nitrogen and oxygen atoms in total. The third kappa shape index (κ3) is 4.41. The van der Waals surface area contributed by atoms with Gasteiger partial charge in [0.25, 0.3) is 0 Å². The van der Waals surface area contributed by atoms with E-state index in [1.807, 2.05) is 13.8 Å². The Bertz CT molecular complexity index is 412. The molecule has 1 aromatic rings. The fourth-order valence-electron chi connectivity index (χ4n) is 1.48. The molecule has 1 unspecified atom stereocenters. The maximum atomic E-state index is 12.6. The van der Waals surface area contributed by atoms with E-state index in [0.29, 0.717) is 6.54 Å². The summed E-state index contributed by atoms with van der Waals surface area (Å²) in [6.45, 7) is 2.30. The first-order valence-corrected chi connectivity index (χ1v) is 6.04. The summed E-state index contributed by atoms with van der Waals surface area (Å²) in [4.78, 5) is 3.95. The Labute approximate surface area is 113 Å². The summed E-state index contributed by atoms with van der Waals surface area (Å²) in [5, 5.41) is 3.53. The molecule has 0 saturated heterocycles. The molecule has 1 atom stereocenters. The SMILES string of the molecule is CC(C)C(CN)c1nc(COCC(F)(F)C(F)F)no1. The predicted molar refractivity (Wildman–Crippen MR) is 61.5 cm³/mol. The van der Waals surface area contributed by atoms with Gasteiger partial charge in [0.05, 0.1) is 5.92 Å². The van der Waals surface area contributed by atoms with Crippen molar-refractivity contribution < 1.29 is 26.8 Å². The standard InChI is InChI=1S/C11H17F4N3O2/c1-6(2)7(3-16)9-17-8(18-20-9)4-19-5-11(14,15)10(12)13/h6-7,10H,3-5,16H2,1-2H3. The van der Waals surface area contributed by atoms with Gasteiger partial charge in [0.15, 0.2) is 5.82 Å². The molecule has 0 radical (unpaired) electrons. The van der Waals surface area contributed by atoms with E-state index in [1.54, 1.807) is 0 Å². The number of alkyl halides is 4. The summed E-state index contributed by atoms with van der Waals surface area (Å²) in [6.07, 6.45) is -3.77. The van der Waals surface area contributed by atoms with Crippen LogP contribution in [0.15, 0.2) is 4.52 Å². The lowest BCUT2D eigenvalue weighted by Crippen LogP contribution is -2.32. The van der Waals surface area contributed by atoms with Crippen LogP contribution in [0.1, 0.15) is 31.5 Å². The average Bonchev–Trinajstić information content (AvgIpc) is 2.77. The summed E-state index contributed by atoms with van der Waals surface area (Å²) in [6, 6.07) is 0. The molecule has 0 aromatic carbocycles. The zero-order valence-corrected chi connectivity index (χ0v) is 11.2. The van der Waals surface area contributed by atoms with Gasteiger partial charge >= 0.3 is 12.3 Å². The van der Waals surface area contributed by atoms with Gasteiger partial charge in [-0.2, -0.15) is 13.8 Å². The number of nitrogens with zero attached hydrogens (tertiary/aromatic N) is 2. The van der Waals surface area contributed by atoms with Gasteiger partial charge in [0.1, 0.15) is 13.2 Å². The molecule has 0 saturated carbocycles. The van der Waals surface area contributed by atoms with Gasteiger partial charge in [-0.1, -0.05) is 19.0 Å². The lowest BCUT2D eigenvalue weighted by Gasteiger charge is -2.14. The van der Waals surface area contributed by atoms with Gasteiger partial charge in [0.2, 0.25) is 5.89 Å². The molecule has 2 N–H and O–H groups in total. The lowest BCUT2D eigenvalue weighted by molar-refractivity contribution is -0.168. The Morgan fingerprint density at radius 2 is 2.00 bits per heavy atom. The van der Waals surface area contributed by atoms with Crippen LogP contribution in [0, 0.1) is 5.92 Å². The maximum absolute atomic E-state index is 12.6. The number of halogens is 4. The Kier molecular flexibility index (Phi) is 5.88. The molecule has 0 aliphatic heterocycles. The first-order chi connectivity index (χ1) is 9.27. The minimum Gasteiger partial charge on any atom is -0.367 e. The van der Waals surface area contributed by atoms with Crippen LogP contribution >= 0.6 is 0 Å². The van der Waals surface area contributed by atoms with Crippen molar-refractivity contribution in [2.75, 3.05) is 13.2 Å². The summed E-state index contributed by atoms with van der Waals surface area (Å²) in [5.74, 6) is -3.88. The molecule has 1 rings (SSSR count). The van der Waals surface area contributed by atoms with E-state index in [-0.39, 0.29) is 23.6 Å². The van der Waals surface area contributed by atoms with Crippen molar-refractivity contribution in [2.45, 2.75) is 38.7 Å². The number of aromatic nitrogens is 2. The number of rotatable bonds is 8. The quantitative estimate of drug-likeness (QED) is 0.745. The molecule has 0 aliphatic rings. The van der Waals surface area contributed by atoms with Crippen LogP contribution in [0.4, 0.5) is 17.6 Å². The van der Waals surface area contributed by atoms with Crippen molar-refractivity contribution in [2.24, 2.45) is 11.7 Å². The highest BCUT2D eigenvalue weighted by atomic mass is 19.3. The minimum absolute atomic E-state index is 0.0177. The Hall–Kier alpha value is -1.22. The smallest absolute Gasteiger partial charge is 0.330 e. The van der Waals surface area contributed by atoms with E-state index < -0.39 is 25.6 Å². The largest absolute Gasteiger partial charge is 0.367 e. The Balaban J connectivity index is 2.53. The normalized spacial score (nSPS) is 14.2. The zero-order valence-electron chi connectivity index (χ0n) is 11.2. The highest BCUT2D eigenvalue weighted by Crippen LogP contribution is 2.24. The topological polar surface area (TPSA) is 74.2 Å². The summed E-state index contributed by atoms with van der Waals surface area (Å²) < 4.78 is 58.4. The van der Waals surface area contributed by atoms with Crippen molar-refractivity contribution in [3.05, 3.63) is 11.7 Å². The lowest BCUT2D eigenvalue weighted by atomic mass is 9.96. The average molecular weight is 299 g/mol. The van der Waals surface area contributed by atoms with Crippen LogP contribution in [0.3, 0.4) is 0 Å². The minimum atomic E-state index is -4.19. The predicted octanol–water partition coefficient (Wildman–Crippen LogP) is 2.18. The van der Waals surface area contributed by atoms with Gasteiger partial charge < -0.3 is 15.0 Å². The maximum Gasteiger partial charge on any atom is 0.330 e. The Morgan fingerprint density at radius 3 is 2.50 bits per heavy atom. The fraction of sp³-hybridized carbons (Fsp3) is 0.818. The van der Waals surface area contributed by atoms with Crippen molar-refractivity contribution in [1.82, 2.24) is 10.1 Å². The number of hydrogen-bond donors (Lipinski definition) is 1. The van der Waals surface area contributed by atoms with E-state index in [2.05, 4.69) is 14.9 Å². The van der Waals surface area contributed by atoms with Gasteiger partial charge in [-0.15, -0.1) is 0 Å². The molecule has 20 heavy (non-hydrogen) atoms. The van der Waals surface area contributed by atoms with Gasteiger partial charge in [-0.3, -0.25) is 0 Å². The summed E-state index contributed by atoms with van der Waals surface area (Å²) in [5.41, 5.74) is 5.56. The molecule has 0 fully saturated rings. The van der Waals surface area contributed by atoms with Crippen molar-refractivity contribution >= 4 is 0 Å². The van der Waals surface area contributed by atoms with E-state index >= 15 is 0 Å². The molecular formula is C11H17F4N3O2.